The fourth-order valence-electron chi connectivity index (χ4n) is 2.55. The number of nitrogens with zero attached hydrogens (tertiary/aromatic N) is 2. The van der Waals surface area contributed by atoms with Gasteiger partial charge in [0, 0.05) is 25.8 Å². The third kappa shape index (κ3) is 5.67. The Morgan fingerprint density at radius 3 is 2.74 bits per heavy atom. The zero-order valence-electron chi connectivity index (χ0n) is 14.1. The molecule has 6 heteroatoms. The number of anilines is 1. The molecule has 128 valence electrons. The van der Waals surface area contributed by atoms with Gasteiger partial charge in [0.1, 0.15) is 0 Å². The van der Waals surface area contributed by atoms with Crippen molar-refractivity contribution in [2.24, 2.45) is 10.9 Å². The van der Waals surface area contributed by atoms with Crippen molar-refractivity contribution in [3.05, 3.63) is 29.8 Å². The van der Waals surface area contributed by atoms with Crippen LogP contribution in [0.2, 0.25) is 0 Å². The van der Waals surface area contributed by atoms with Gasteiger partial charge in [0.05, 0.1) is 6.54 Å². The number of halogens is 1. The van der Waals surface area contributed by atoms with Crippen LogP contribution in [-0.4, -0.2) is 38.5 Å². The lowest BCUT2D eigenvalue weighted by Crippen LogP contribution is -2.44. The van der Waals surface area contributed by atoms with Gasteiger partial charge in [-0.05, 0) is 30.4 Å². The first-order valence-corrected chi connectivity index (χ1v) is 7.94. The summed E-state index contributed by atoms with van der Waals surface area (Å²) in [5.74, 6) is 1.41. The minimum atomic E-state index is 0. The molecule has 0 saturated heterocycles. The molecule has 1 aromatic rings. The average Bonchev–Trinajstić information content (AvgIpc) is 2.94. The van der Waals surface area contributed by atoms with E-state index in [-0.39, 0.29) is 36.4 Å². The van der Waals surface area contributed by atoms with Crippen LogP contribution in [0.3, 0.4) is 0 Å². The number of aliphatic imine (C=N–C) groups is 1. The Labute approximate surface area is 156 Å². The first kappa shape index (κ1) is 19.7. The van der Waals surface area contributed by atoms with Crippen molar-refractivity contribution in [3.8, 4) is 0 Å². The van der Waals surface area contributed by atoms with Gasteiger partial charge >= 0.3 is 0 Å². The molecule has 0 radical (unpaired) electrons. The molecule has 23 heavy (non-hydrogen) atoms. The predicted octanol–water partition coefficient (Wildman–Crippen LogP) is 2.40. The number of hydrogen-bond donors (Lipinski definition) is 2. The third-order valence-corrected chi connectivity index (χ3v) is 3.83. The number of fused-ring (bicyclic) bond motifs is 1. The number of para-hydroxylation sites is 1. The van der Waals surface area contributed by atoms with Crippen molar-refractivity contribution >= 4 is 41.5 Å². The Hall–Kier alpha value is -1.31. The fourth-order valence-corrected chi connectivity index (χ4v) is 2.55. The highest BCUT2D eigenvalue weighted by atomic mass is 127. The second-order valence-electron chi connectivity index (χ2n) is 5.96. The standard InChI is InChI=1S/C17H26N4O.HI/c1-13(2)8-10-19-17(18-3)20-12-16(22)21-11-9-14-6-4-5-7-15(14)21;/h4-7,13H,8-12H2,1-3H3,(H2,18,19,20);1H. The van der Waals surface area contributed by atoms with E-state index in [1.54, 1.807) is 7.05 Å². The van der Waals surface area contributed by atoms with Crippen LogP contribution >= 0.6 is 24.0 Å². The number of hydrogen-bond acceptors (Lipinski definition) is 2. The van der Waals surface area contributed by atoms with Crippen molar-refractivity contribution in [2.45, 2.75) is 26.7 Å². The van der Waals surface area contributed by atoms with E-state index in [1.807, 2.05) is 23.1 Å². The monoisotopic (exact) mass is 430 g/mol. The topological polar surface area (TPSA) is 56.7 Å². The summed E-state index contributed by atoms with van der Waals surface area (Å²) < 4.78 is 0. The van der Waals surface area contributed by atoms with Crippen LogP contribution in [0, 0.1) is 5.92 Å². The van der Waals surface area contributed by atoms with Crippen molar-refractivity contribution in [1.82, 2.24) is 10.6 Å². The van der Waals surface area contributed by atoms with E-state index < -0.39 is 0 Å². The number of guanidine groups is 1. The summed E-state index contributed by atoms with van der Waals surface area (Å²) in [7, 11) is 1.72. The van der Waals surface area contributed by atoms with E-state index in [0.29, 0.717) is 11.9 Å². The van der Waals surface area contributed by atoms with Crippen LogP contribution in [0.5, 0.6) is 0 Å². The fraction of sp³-hybridized carbons (Fsp3) is 0.529. The maximum atomic E-state index is 12.4. The van der Waals surface area contributed by atoms with Crippen molar-refractivity contribution in [3.63, 3.8) is 0 Å². The second-order valence-corrected chi connectivity index (χ2v) is 5.96. The summed E-state index contributed by atoms with van der Waals surface area (Å²) >= 11 is 0. The van der Waals surface area contributed by atoms with Crippen molar-refractivity contribution in [1.29, 1.82) is 0 Å². The van der Waals surface area contributed by atoms with E-state index in [9.17, 15) is 4.79 Å². The summed E-state index contributed by atoms with van der Waals surface area (Å²) in [6.07, 6.45) is 2.01. The quantitative estimate of drug-likeness (QED) is 0.429. The Balaban J connectivity index is 0.00000264. The molecule has 0 aliphatic carbocycles. The van der Waals surface area contributed by atoms with Gasteiger partial charge in [0.25, 0.3) is 0 Å². The maximum Gasteiger partial charge on any atom is 0.246 e. The summed E-state index contributed by atoms with van der Waals surface area (Å²) in [6, 6.07) is 8.09. The number of carbonyl (C=O) groups is 1. The Bertz CT molecular complexity index is 545. The van der Waals surface area contributed by atoms with Gasteiger partial charge in [-0.25, -0.2) is 0 Å². The molecule has 0 fully saturated rings. The molecule has 1 amide bonds. The van der Waals surface area contributed by atoms with Crippen LogP contribution in [0.4, 0.5) is 5.69 Å². The first-order chi connectivity index (χ1) is 10.6. The SMILES string of the molecule is CN=C(NCCC(C)C)NCC(=O)N1CCc2ccccc21.I. The van der Waals surface area contributed by atoms with E-state index in [1.165, 1.54) is 5.56 Å². The number of carbonyl (C=O) groups excluding carboxylic acids is 1. The molecule has 1 aromatic carbocycles. The largest absolute Gasteiger partial charge is 0.356 e. The summed E-state index contributed by atoms with van der Waals surface area (Å²) in [4.78, 5) is 18.4. The Morgan fingerprint density at radius 2 is 2.04 bits per heavy atom. The summed E-state index contributed by atoms with van der Waals surface area (Å²) in [5, 5.41) is 6.33. The molecule has 0 atom stereocenters. The van der Waals surface area contributed by atoms with Gasteiger partial charge in [-0.3, -0.25) is 9.79 Å². The third-order valence-electron chi connectivity index (χ3n) is 3.83. The highest BCUT2D eigenvalue weighted by Crippen LogP contribution is 2.27. The number of nitrogens with one attached hydrogen (secondary N) is 2. The molecule has 0 aromatic heterocycles. The molecule has 2 rings (SSSR count). The summed E-state index contributed by atoms with van der Waals surface area (Å²) in [5.41, 5.74) is 2.28. The van der Waals surface area contributed by atoms with E-state index in [4.69, 9.17) is 0 Å². The molecule has 5 nitrogen and oxygen atoms in total. The lowest BCUT2D eigenvalue weighted by molar-refractivity contribution is -0.117. The number of rotatable bonds is 5. The van der Waals surface area contributed by atoms with Gasteiger partial charge in [-0.15, -0.1) is 24.0 Å². The Morgan fingerprint density at radius 1 is 1.30 bits per heavy atom. The molecule has 1 heterocycles. The van der Waals surface area contributed by atoms with Gasteiger partial charge in [-0.1, -0.05) is 32.0 Å². The van der Waals surface area contributed by atoms with Crippen LogP contribution in [0.25, 0.3) is 0 Å². The summed E-state index contributed by atoms with van der Waals surface area (Å²) in [6.45, 7) is 6.26. The van der Waals surface area contributed by atoms with E-state index in [2.05, 4.69) is 35.5 Å². The Kier molecular flexibility index (Phi) is 8.36. The van der Waals surface area contributed by atoms with E-state index in [0.717, 1.165) is 31.6 Å². The molecule has 0 unspecified atom stereocenters. The highest BCUT2D eigenvalue weighted by Gasteiger charge is 2.23. The molecule has 0 saturated carbocycles. The van der Waals surface area contributed by atoms with Crippen LogP contribution in [0.15, 0.2) is 29.3 Å². The van der Waals surface area contributed by atoms with Gasteiger partial charge in [0.2, 0.25) is 5.91 Å². The minimum absolute atomic E-state index is 0. The van der Waals surface area contributed by atoms with Gasteiger partial charge in [-0.2, -0.15) is 0 Å². The van der Waals surface area contributed by atoms with Gasteiger partial charge < -0.3 is 15.5 Å². The van der Waals surface area contributed by atoms with Gasteiger partial charge in [0.15, 0.2) is 5.96 Å². The first-order valence-electron chi connectivity index (χ1n) is 7.94. The normalized spacial score (nSPS) is 13.6. The molecular formula is C17H27IN4O. The zero-order chi connectivity index (χ0) is 15.9. The lowest BCUT2D eigenvalue weighted by atomic mass is 10.1. The van der Waals surface area contributed by atoms with Crippen LogP contribution in [0.1, 0.15) is 25.8 Å². The van der Waals surface area contributed by atoms with Crippen LogP contribution < -0.4 is 15.5 Å². The number of benzene rings is 1. The minimum Gasteiger partial charge on any atom is -0.356 e. The highest BCUT2D eigenvalue weighted by molar-refractivity contribution is 14.0. The molecule has 0 spiro atoms. The lowest BCUT2D eigenvalue weighted by Gasteiger charge is -2.19. The van der Waals surface area contributed by atoms with Crippen molar-refractivity contribution < 1.29 is 4.79 Å². The molecule has 1 aliphatic rings. The van der Waals surface area contributed by atoms with Crippen molar-refractivity contribution in [2.75, 3.05) is 31.6 Å². The molecular weight excluding hydrogens is 403 g/mol. The zero-order valence-corrected chi connectivity index (χ0v) is 16.5. The second kappa shape index (κ2) is 9.75. The van der Waals surface area contributed by atoms with E-state index >= 15 is 0 Å². The number of amides is 1. The van der Waals surface area contributed by atoms with Crippen LogP contribution in [-0.2, 0) is 11.2 Å². The smallest absolute Gasteiger partial charge is 0.246 e. The molecule has 0 bridgehead atoms. The molecule has 1 aliphatic heterocycles. The maximum absolute atomic E-state index is 12.4. The predicted molar refractivity (Wildman–Crippen MR) is 107 cm³/mol. The average molecular weight is 430 g/mol. The molecule has 2 N–H and O–H groups in total.